The molecule has 0 aliphatic carbocycles. The first-order chi connectivity index (χ1) is 1.41. The molecule has 4 radical (unpaired) electrons. The van der Waals surface area contributed by atoms with E-state index >= 15 is 0 Å². The van der Waals surface area contributed by atoms with Crippen LogP contribution in [0.15, 0.2) is 0 Å². The molecular weight excluding hydrogens is 164 g/mol. The van der Waals surface area contributed by atoms with Crippen LogP contribution in [0.5, 0.6) is 0 Å². The maximum Gasteiger partial charge on any atom is 0.0402 e. The Labute approximate surface area is 74.3 Å². The van der Waals surface area contributed by atoms with E-state index in [0.717, 1.165) is 0 Å². The molecule has 0 saturated heterocycles. The smallest absolute Gasteiger partial charge is 0.0402 e. The van der Waals surface area contributed by atoms with E-state index in [9.17, 15) is 0 Å². The molecule has 0 unspecified atom stereocenters. The van der Waals surface area contributed by atoms with Gasteiger partial charge in [-0.25, -0.2) is 0 Å². The summed E-state index contributed by atoms with van der Waals surface area (Å²) in [4.78, 5) is 0. The van der Waals surface area contributed by atoms with Gasteiger partial charge in [0, 0.05) is 47.7 Å². The van der Waals surface area contributed by atoms with Crippen LogP contribution in [0.1, 0.15) is 21.8 Å². The summed E-state index contributed by atoms with van der Waals surface area (Å²) < 4.78 is 0. The van der Waals surface area contributed by atoms with E-state index in [-0.39, 0.29) is 62.6 Å². The first-order valence-corrected chi connectivity index (χ1v) is 1.02. The molecule has 1 N–H and O–H groups in total. The first kappa shape index (κ1) is 42.2. The van der Waals surface area contributed by atoms with Crippen molar-refractivity contribution < 1.29 is 37.8 Å². The van der Waals surface area contributed by atoms with E-state index in [1.165, 1.54) is 0 Å². The molecule has 0 saturated carbocycles. The van der Waals surface area contributed by atoms with Gasteiger partial charge in [-0.05, 0) is 6.92 Å². The second kappa shape index (κ2) is 59.1. The fourth-order valence-corrected chi connectivity index (χ4v) is 0. The van der Waals surface area contributed by atoms with Gasteiger partial charge in [0.1, 0.15) is 0 Å². The standard InChI is InChI=1S/C2H6O.2CH4.B.Y/c1-2-3;;;;/h3H,2H2,1H3;2*1H4;;. The maximum absolute atomic E-state index is 7.57. The summed E-state index contributed by atoms with van der Waals surface area (Å²) in [6, 6.07) is 0. The Hall–Kier alpha value is 1.13. The van der Waals surface area contributed by atoms with Crippen LogP contribution in [-0.2, 0) is 32.7 Å². The molecule has 0 aliphatic heterocycles. The second-order valence-electron chi connectivity index (χ2n) is 0.316. The van der Waals surface area contributed by atoms with Crippen molar-refractivity contribution in [2.45, 2.75) is 21.8 Å². The van der Waals surface area contributed by atoms with Gasteiger partial charge in [-0.3, -0.25) is 0 Å². The minimum atomic E-state index is 0. The maximum atomic E-state index is 7.57. The molecule has 0 aliphatic rings. The summed E-state index contributed by atoms with van der Waals surface area (Å²) in [5.41, 5.74) is 0. The average molecular weight is 178 g/mol. The zero-order valence-electron chi connectivity index (χ0n) is 3.31. The van der Waals surface area contributed by atoms with Gasteiger partial charge in [0.05, 0.1) is 0 Å². The third-order valence-corrected chi connectivity index (χ3v) is 0. The van der Waals surface area contributed by atoms with Gasteiger partial charge in [-0.2, -0.15) is 0 Å². The van der Waals surface area contributed by atoms with Gasteiger partial charge >= 0.3 is 0 Å². The van der Waals surface area contributed by atoms with E-state index in [2.05, 4.69) is 0 Å². The topological polar surface area (TPSA) is 20.2 Å². The van der Waals surface area contributed by atoms with E-state index < -0.39 is 0 Å². The van der Waals surface area contributed by atoms with Crippen LogP contribution in [0.3, 0.4) is 0 Å². The summed E-state index contributed by atoms with van der Waals surface area (Å²) in [7, 11) is 0. The van der Waals surface area contributed by atoms with Gasteiger partial charge < -0.3 is 5.11 Å². The third-order valence-electron chi connectivity index (χ3n) is 0. The molecule has 42 valence electrons. The molecule has 0 heterocycles. The molecule has 0 aromatic carbocycles. The molecule has 0 spiro atoms. The summed E-state index contributed by atoms with van der Waals surface area (Å²) >= 11 is 0. The van der Waals surface area contributed by atoms with E-state index in [4.69, 9.17) is 5.11 Å². The first-order valence-electron chi connectivity index (χ1n) is 1.02. The summed E-state index contributed by atoms with van der Waals surface area (Å²) in [6.45, 7) is 1.93. The molecule has 7 heavy (non-hydrogen) atoms. The van der Waals surface area contributed by atoms with Crippen molar-refractivity contribution in [3.05, 3.63) is 0 Å². The normalized spacial score (nSPS) is 2.57. The zero-order chi connectivity index (χ0) is 2.71. The minimum absolute atomic E-state index is 0. The van der Waals surface area contributed by atoms with Crippen molar-refractivity contribution >= 4 is 8.41 Å². The third kappa shape index (κ3) is 147. The summed E-state index contributed by atoms with van der Waals surface area (Å²) in [5, 5.41) is 7.57. The Kier molecular flexibility index (Phi) is 356. The molecule has 1 nitrogen and oxygen atoms in total. The average Bonchev–Trinajstić information content (AvgIpc) is 0.918. The van der Waals surface area contributed by atoms with Crippen molar-refractivity contribution in [2.75, 3.05) is 6.61 Å². The number of aliphatic hydroxyl groups excluding tert-OH is 1. The quantitative estimate of drug-likeness (QED) is 0.546. The Morgan fingerprint density at radius 3 is 1.29 bits per heavy atom. The molecule has 0 amide bonds. The van der Waals surface area contributed by atoms with E-state index in [0.29, 0.717) is 0 Å². The molecule has 0 aromatic rings. The number of rotatable bonds is 0. The molecule has 0 fully saturated rings. The van der Waals surface area contributed by atoms with Crippen molar-refractivity contribution in [1.29, 1.82) is 0 Å². The molecule has 0 atom stereocenters. The van der Waals surface area contributed by atoms with Crippen molar-refractivity contribution in [2.24, 2.45) is 0 Å². The Morgan fingerprint density at radius 2 is 1.29 bits per heavy atom. The predicted octanol–water partition coefficient (Wildman–Crippen LogP) is 0.887. The number of hydrogen-bond donors (Lipinski definition) is 1. The van der Waals surface area contributed by atoms with E-state index in [1.807, 2.05) is 0 Å². The van der Waals surface area contributed by atoms with Crippen molar-refractivity contribution in [1.82, 2.24) is 0 Å². The Bertz CT molecular complexity index is 11.7. The zero-order valence-corrected chi connectivity index (χ0v) is 6.15. The minimum Gasteiger partial charge on any atom is -0.397 e. The van der Waals surface area contributed by atoms with Gasteiger partial charge in [-0.15, -0.1) is 0 Å². The molecule has 0 bridgehead atoms. The number of hydrogen-bond acceptors (Lipinski definition) is 1. The molecule has 0 aromatic heterocycles. The summed E-state index contributed by atoms with van der Waals surface area (Å²) in [6.07, 6.45) is 0. The van der Waals surface area contributed by atoms with Crippen molar-refractivity contribution in [3.63, 3.8) is 0 Å². The van der Waals surface area contributed by atoms with Crippen LogP contribution >= 0.6 is 0 Å². The van der Waals surface area contributed by atoms with Crippen LogP contribution in [0.25, 0.3) is 0 Å². The fraction of sp³-hybridized carbons (Fsp3) is 1.00. The molecule has 3 heteroatoms. The summed E-state index contributed by atoms with van der Waals surface area (Å²) in [5.74, 6) is 0. The monoisotopic (exact) mass is 178 g/mol. The Balaban J connectivity index is -0.00000000333. The van der Waals surface area contributed by atoms with Crippen LogP contribution < -0.4 is 0 Å². The van der Waals surface area contributed by atoms with Gasteiger partial charge in [0.25, 0.3) is 0 Å². The van der Waals surface area contributed by atoms with Gasteiger partial charge in [0.15, 0.2) is 0 Å². The Morgan fingerprint density at radius 1 is 1.29 bits per heavy atom. The van der Waals surface area contributed by atoms with Crippen LogP contribution in [0.4, 0.5) is 0 Å². The van der Waals surface area contributed by atoms with Crippen molar-refractivity contribution in [3.8, 4) is 0 Å². The largest absolute Gasteiger partial charge is 0.397 e. The van der Waals surface area contributed by atoms with Crippen LogP contribution in [-0.4, -0.2) is 20.1 Å². The fourth-order valence-electron chi connectivity index (χ4n) is 0. The molecular formula is C4H14BOY. The SMILES string of the molecule is C.C.CCO.[B].[Y]. The second-order valence-corrected chi connectivity index (χ2v) is 0.316. The predicted molar refractivity (Wildman–Crippen MR) is 32.0 cm³/mol. The molecule has 0 rings (SSSR count). The van der Waals surface area contributed by atoms with E-state index in [1.54, 1.807) is 6.92 Å². The number of aliphatic hydroxyl groups is 1. The van der Waals surface area contributed by atoms with Crippen LogP contribution in [0.2, 0.25) is 0 Å². The van der Waals surface area contributed by atoms with Crippen LogP contribution in [0, 0.1) is 0 Å². The van der Waals surface area contributed by atoms with Gasteiger partial charge in [-0.1, -0.05) is 14.9 Å². The van der Waals surface area contributed by atoms with Gasteiger partial charge in [0.2, 0.25) is 0 Å².